The minimum atomic E-state index is -0.0962. The smallest absolute Gasteiger partial charge is 0.0615 e. The first-order valence-corrected chi connectivity index (χ1v) is 7.14. The molecule has 0 heterocycles. The highest BCUT2D eigenvalue weighted by Crippen LogP contribution is 1.82. The van der Waals surface area contributed by atoms with Crippen LogP contribution in [0.5, 0.6) is 0 Å². The van der Waals surface area contributed by atoms with Gasteiger partial charge in [0, 0.05) is 0 Å². The summed E-state index contributed by atoms with van der Waals surface area (Å²) in [4.78, 5) is 0. The second-order valence-electron chi connectivity index (χ2n) is 1.62. The maximum absolute atomic E-state index is 3.50. The first-order chi connectivity index (χ1) is 3.93. The Labute approximate surface area is 64.9 Å². The van der Waals surface area contributed by atoms with E-state index < -0.39 is 0 Å². The number of hydrogen-bond donors (Lipinski definition) is 0. The number of rotatable bonds is 1. The molecule has 39 valence electrons. The van der Waals surface area contributed by atoms with Crippen molar-refractivity contribution in [2.45, 2.75) is 0 Å². The van der Waals surface area contributed by atoms with Crippen LogP contribution in [-0.4, -0.2) is 18.2 Å². The van der Waals surface area contributed by atoms with Gasteiger partial charge in [-0.3, -0.25) is 0 Å². The van der Waals surface area contributed by atoms with Crippen LogP contribution < -0.4 is 3.69 Å². The summed E-state index contributed by atoms with van der Waals surface area (Å²) in [7, 11) is 0. The predicted molar refractivity (Wildman–Crippen MR) is 40.8 cm³/mol. The highest BCUT2D eigenvalue weighted by atomic mass is 79.9. The molecule has 0 saturated heterocycles. The predicted octanol–water partition coefficient (Wildman–Crippen LogP) is 1.33. The molecule has 8 heavy (non-hydrogen) atoms. The van der Waals surface area contributed by atoms with Crippen LogP contribution in [0.2, 0.25) is 0 Å². The van der Waals surface area contributed by atoms with Gasteiger partial charge in [-0.25, -0.2) is 0 Å². The van der Waals surface area contributed by atoms with E-state index in [1.54, 1.807) is 0 Å². The van der Waals surface area contributed by atoms with Crippen LogP contribution in [0.15, 0.2) is 30.3 Å². The van der Waals surface area contributed by atoms with Gasteiger partial charge in [0.15, 0.2) is 0 Å². The van der Waals surface area contributed by atoms with E-state index in [9.17, 15) is 0 Å². The Morgan fingerprint density at radius 1 is 1.12 bits per heavy atom. The lowest BCUT2D eigenvalue weighted by Crippen LogP contribution is -2.05. The third-order valence-electron chi connectivity index (χ3n) is 0.997. The first-order valence-electron chi connectivity index (χ1n) is 2.53. The fraction of sp³-hybridized carbons (Fsp3) is 0. The summed E-state index contributed by atoms with van der Waals surface area (Å²) in [5.41, 5.74) is 0. The summed E-state index contributed by atoms with van der Waals surface area (Å²) < 4.78 is 1.47. The molecule has 0 aliphatic rings. The zero-order chi connectivity index (χ0) is 5.82. The SMILES string of the molecule is [Br][Mg-][c]1ccccc1. The Hall–Kier alpha value is 0.466. The van der Waals surface area contributed by atoms with Crippen LogP contribution in [0.3, 0.4) is 0 Å². The highest BCUT2D eigenvalue weighted by Gasteiger charge is 1.69. The van der Waals surface area contributed by atoms with Gasteiger partial charge in [0.05, 0.1) is 18.2 Å². The standard InChI is InChI=1S/C6H5.BrH.Mg/c1-2-4-6-5-3-1;;/h1-5H;1H;/p-1. The maximum atomic E-state index is 3.50. The van der Waals surface area contributed by atoms with Crippen LogP contribution in [0, 0.1) is 0 Å². The molecular weight excluding hydrogens is 176 g/mol. The molecule has 1 rings (SSSR count). The van der Waals surface area contributed by atoms with E-state index in [1.165, 1.54) is 3.69 Å². The molecule has 0 fully saturated rings. The summed E-state index contributed by atoms with van der Waals surface area (Å²) in [5.74, 6) is 0. The van der Waals surface area contributed by atoms with Gasteiger partial charge in [-0.05, 0) is 0 Å². The van der Waals surface area contributed by atoms with E-state index in [0.717, 1.165) is 0 Å². The van der Waals surface area contributed by atoms with E-state index in [2.05, 4.69) is 37.1 Å². The molecule has 0 atom stereocenters. The van der Waals surface area contributed by atoms with E-state index in [1.807, 2.05) is 6.07 Å². The van der Waals surface area contributed by atoms with Crippen LogP contribution >= 0.6 is 12.9 Å². The molecule has 0 aliphatic carbocycles. The van der Waals surface area contributed by atoms with Gasteiger partial charge >= 0.3 is 0 Å². The van der Waals surface area contributed by atoms with Gasteiger partial charge in [0.25, 0.3) is 0 Å². The minimum absolute atomic E-state index is 0.0962. The van der Waals surface area contributed by atoms with Crippen molar-refractivity contribution < 1.29 is 0 Å². The van der Waals surface area contributed by atoms with Crippen molar-refractivity contribution >= 4 is 34.8 Å². The van der Waals surface area contributed by atoms with Gasteiger partial charge in [-0.2, -0.15) is 0 Å². The fourth-order valence-corrected chi connectivity index (χ4v) is 2.14. The van der Waals surface area contributed by atoms with E-state index in [4.69, 9.17) is 0 Å². The molecule has 2 heteroatoms. The third kappa shape index (κ3) is 1.76. The van der Waals surface area contributed by atoms with Crippen LogP contribution in [0.4, 0.5) is 0 Å². The second-order valence-corrected chi connectivity index (χ2v) is 4.39. The van der Waals surface area contributed by atoms with Crippen molar-refractivity contribution in [3.05, 3.63) is 30.3 Å². The Kier molecular flexibility index (Phi) is 2.87. The summed E-state index contributed by atoms with van der Waals surface area (Å²) in [6.45, 7) is 0. The molecule has 0 bridgehead atoms. The molecule has 0 N–H and O–H groups in total. The minimum Gasteiger partial charge on any atom is -0.574 e. The van der Waals surface area contributed by atoms with Gasteiger partial charge in [-0.15, -0.1) is 12.1 Å². The first kappa shape index (κ1) is 6.58. The number of halogens is 1. The van der Waals surface area contributed by atoms with Crippen LogP contribution in [-0.2, 0) is 0 Å². The lowest BCUT2D eigenvalue weighted by molar-refractivity contribution is 1.77. The molecule has 0 aliphatic heterocycles. The van der Waals surface area contributed by atoms with Crippen LogP contribution in [0.1, 0.15) is 0 Å². The van der Waals surface area contributed by atoms with Crippen LogP contribution in [0.25, 0.3) is 0 Å². The molecule has 0 nitrogen and oxygen atoms in total. The Bertz CT molecular complexity index is 150. The van der Waals surface area contributed by atoms with Gasteiger partial charge in [0.2, 0.25) is 0 Å². The van der Waals surface area contributed by atoms with Gasteiger partial charge in [0.1, 0.15) is 0 Å². The molecule has 0 unspecified atom stereocenters. The lowest BCUT2D eigenvalue weighted by Gasteiger charge is -2.03. The normalized spacial score (nSPS) is 8.62. The average molecular weight is 181 g/mol. The number of hydrogen-bond acceptors (Lipinski definition) is 0. The third-order valence-corrected chi connectivity index (χ3v) is 3.72. The van der Waals surface area contributed by atoms with Gasteiger partial charge < -0.3 is 16.6 Å². The van der Waals surface area contributed by atoms with Crippen molar-refractivity contribution in [1.29, 1.82) is 0 Å². The highest BCUT2D eigenvalue weighted by molar-refractivity contribution is 9.23. The zero-order valence-electron chi connectivity index (χ0n) is 4.47. The summed E-state index contributed by atoms with van der Waals surface area (Å²) in [6.07, 6.45) is 0. The summed E-state index contributed by atoms with van der Waals surface area (Å²) in [5, 5.41) is 0. The van der Waals surface area contributed by atoms with Crippen molar-refractivity contribution in [3.63, 3.8) is 0 Å². The molecule has 0 amide bonds. The molecule has 0 aromatic heterocycles. The van der Waals surface area contributed by atoms with Crippen molar-refractivity contribution in [3.8, 4) is 0 Å². The van der Waals surface area contributed by atoms with Gasteiger partial charge in [-0.1, -0.05) is 18.2 Å². The quantitative estimate of drug-likeness (QED) is 0.573. The summed E-state index contributed by atoms with van der Waals surface area (Å²) in [6, 6.07) is 10.5. The monoisotopic (exact) mass is 180 g/mol. The van der Waals surface area contributed by atoms with E-state index >= 15 is 0 Å². The molecule has 1 radical (unpaired) electrons. The van der Waals surface area contributed by atoms with E-state index in [0.29, 0.717) is 0 Å². The second kappa shape index (κ2) is 3.48. The Morgan fingerprint density at radius 3 is 2.12 bits per heavy atom. The largest absolute Gasteiger partial charge is 0.574 e. The lowest BCUT2D eigenvalue weighted by atomic mass is 10.4. The fourth-order valence-electron chi connectivity index (χ4n) is 0.567. The number of benzene rings is 1. The molecule has 1 aromatic rings. The maximum Gasteiger partial charge on any atom is 0.0615 e. The molecule has 1 aromatic carbocycles. The topological polar surface area (TPSA) is 0 Å². The average Bonchev–Trinajstić information content (AvgIpc) is 1.90. The zero-order valence-corrected chi connectivity index (χ0v) is 7.47. The Balaban J connectivity index is 2.83. The van der Waals surface area contributed by atoms with E-state index in [-0.39, 0.29) is 18.2 Å². The molecular formula is C6H5BrMg-. The van der Waals surface area contributed by atoms with Crippen molar-refractivity contribution in [1.82, 2.24) is 0 Å². The molecule has 0 saturated carbocycles. The summed E-state index contributed by atoms with van der Waals surface area (Å²) >= 11 is 3.40. The van der Waals surface area contributed by atoms with Crippen molar-refractivity contribution in [2.24, 2.45) is 0 Å². The Morgan fingerprint density at radius 2 is 1.75 bits per heavy atom. The van der Waals surface area contributed by atoms with Crippen molar-refractivity contribution in [2.75, 3.05) is 0 Å². The molecule has 0 spiro atoms.